The number of amides is 2. The minimum Gasteiger partial charge on any atom is -0.324 e. The molecule has 2 amide bonds. The summed E-state index contributed by atoms with van der Waals surface area (Å²) >= 11 is 0. The zero-order chi connectivity index (χ0) is 24.6. The number of hydrogen-bond donors (Lipinski definition) is 1. The zero-order valence-electron chi connectivity index (χ0n) is 18.9. The van der Waals surface area contributed by atoms with Crippen LogP contribution in [0.25, 0.3) is 0 Å². The number of halogens is 1. The molecule has 7 nitrogen and oxygen atoms in total. The van der Waals surface area contributed by atoms with Crippen molar-refractivity contribution in [3.63, 3.8) is 0 Å². The van der Waals surface area contributed by atoms with Gasteiger partial charge in [0.2, 0.25) is 15.9 Å². The molecule has 0 bridgehead atoms. The van der Waals surface area contributed by atoms with E-state index in [9.17, 15) is 22.4 Å². The smallest absolute Gasteiger partial charge is 0.255 e. The third-order valence-corrected chi connectivity index (χ3v) is 8.30. The first kappa shape index (κ1) is 23.2. The van der Waals surface area contributed by atoms with E-state index in [0.717, 1.165) is 18.4 Å². The summed E-state index contributed by atoms with van der Waals surface area (Å²) in [5.41, 5.74) is 1.85. The highest BCUT2D eigenvalue weighted by Gasteiger charge is 2.34. The fourth-order valence-corrected chi connectivity index (χ4v) is 6.19. The van der Waals surface area contributed by atoms with Crippen molar-refractivity contribution in [3.8, 4) is 0 Å². The standard InChI is InChI=1S/C26H24FN3O4S/c27-20-10-13-23-22(16-20)25(18-6-2-1-3-7-18)30(17-24(31)28-23)26(32)19-8-11-21(12-9-19)35(33,34)29-14-4-5-15-29/h1-3,6-13,16,25H,4-5,14-15,17H2,(H,28,31). The molecule has 2 aliphatic rings. The van der Waals surface area contributed by atoms with Crippen LogP contribution in [0.2, 0.25) is 0 Å². The average Bonchev–Trinajstić information content (AvgIpc) is 3.37. The molecule has 5 rings (SSSR count). The van der Waals surface area contributed by atoms with Gasteiger partial charge in [0.15, 0.2) is 0 Å². The molecule has 0 aromatic heterocycles. The number of benzene rings is 3. The lowest BCUT2D eigenvalue weighted by Crippen LogP contribution is -2.39. The molecular formula is C26H24FN3O4S. The van der Waals surface area contributed by atoms with Crippen LogP contribution in [-0.2, 0) is 14.8 Å². The number of nitrogens with one attached hydrogen (secondary N) is 1. The first-order chi connectivity index (χ1) is 16.8. The Balaban J connectivity index is 1.54. The van der Waals surface area contributed by atoms with Gasteiger partial charge in [-0.2, -0.15) is 4.31 Å². The molecule has 2 heterocycles. The molecule has 3 aromatic carbocycles. The highest BCUT2D eigenvalue weighted by Crippen LogP contribution is 2.37. The topological polar surface area (TPSA) is 86.8 Å². The molecule has 1 saturated heterocycles. The van der Waals surface area contributed by atoms with Crippen LogP contribution >= 0.6 is 0 Å². The van der Waals surface area contributed by atoms with Crippen LogP contribution in [0.1, 0.15) is 40.4 Å². The van der Waals surface area contributed by atoms with Gasteiger partial charge in [0, 0.05) is 29.9 Å². The first-order valence-corrected chi connectivity index (χ1v) is 12.8. The van der Waals surface area contributed by atoms with Crippen molar-refractivity contribution in [1.82, 2.24) is 9.21 Å². The Bertz CT molecular complexity index is 1370. The Morgan fingerprint density at radius 1 is 0.943 bits per heavy atom. The lowest BCUT2D eigenvalue weighted by Gasteiger charge is -2.30. The second-order valence-corrected chi connectivity index (χ2v) is 10.6. The van der Waals surface area contributed by atoms with Crippen LogP contribution in [0.5, 0.6) is 0 Å². The maximum absolute atomic E-state index is 14.3. The quantitative estimate of drug-likeness (QED) is 0.599. The average molecular weight is 494 g/mol. The van der Waals surface area contributed by atoms with Crippen molar-refractivity contribution in [2.75, 3.05) is 25.0 Å². The Morgan fingerprint density at radius 3 is 2.31 bits per heavy atom. The highest BCUT2D eigenvalue weighted by molar-refractivity contribution is 7.89. The monoisotopic (exact) mass is 493 g/mol. The predicted molar refractivity (Wildman–Crippen MR) is 129 cm³/mol. The molecule has 1 atom stereocenters. The molecule has 1 N–H and O–H groups in total. The van der Waals surface area contributed by atoms with Crippen LogP contribution in [-0.4, -0.2) is 49.1 Å². The van der Waals surface area contributed by atoms with E-state index in [1.807, 2.05) is 30.3 Å². The molecule has 9 heteroatoms. The number of sulfonamides is 1. The number of rotatable bonds is 4. The van der Waals surface area contributed by atoms with Gasteiger partial charge in [-0.1, -0.05) is 30.3 Å². The summed E-state index contributed by atoms with van der Waals surface area (Å²) in [6.07, 6.45) is 1.66. The summed E-state index contributed by atoms with van der Waals surface area (Å²) in [6, 6.07) is 18.2. The van der Waals surface area contributed by atoms with E-state index in [0.29, 0.717) is 24.3 Å². The van der Waals surface area contributed by atoms with Crippen molar-refractivity contribution in [2.45, 2.75) is 23.8 Å². The third kappa shape index (κ3) is 4.44. The second kappa shape index (κ2) is 9.24. The molecule has 0 saturated carbocycles. The van der Waals surface area contributed by atoms with Crippen molar-refractivity contribution in [3.05, 3.63) is 95.3 Å². The predicted octanol–water partition coefficient (Wildman–Crippen LogP) is 3.79. The van der Waals surface area contributed by atoms with Gasteiger partial charge in [-0.15, -0.1) is 0 Å². The number of nitrogens with zero attached hydrogens (tertiary/aromatic N) is 2. The minimum atomic E-state index is -3.62. The molecule has 180 valence electrons. The normalized spacial score (nSPS) is 18.6. The van der Waals surface area contributed by atoms with E-state index in [-0.39, 0.29) is 17.0 Å². The number of carbonyl (C=O) groups excluding carboxylic acids is 2. The van der Waals surface area contributed by atoms with Gasteiger partial charge in [0.05, 0.1) is 10.9 Å². The molecule has 2 aliphatic heterocycles. The lowest BCUT2D eigenvalue weighted by atomic mass is 9.95. The van der Waals surface area contributed by atoms with Crippen molar-refractivity contribution < 1.29 is 22.4 Å². The van der Waals surface area contributed by atoms with Crippen molar-refractivity contribution in [1.29, 1.82) is 0 Å². The van der Waals surface area contributed by atoms with E-state index in [1.165, 1.54) is 51.7 Å². The molecule has 0 aliphatic carbocycles. The Morgan fingerprint density at radius 2 is 1.63 bits per heavy atom. The number of carbonyl (C=O) groups is 2. The summed E-state index contributed by atoms with van der Waals surface area (Å²) in [6.45, 7) is 0.726. The van der Waals surface area contributed by atoms with Crippen LogP contribution in [0, 0.1) is 5.82 Å². The van der Waals surface area contributed by atoms with E-state index >= 15 is 0 Å². The van der Waals surface area contributed by atoms with Gasteiger partial charge in [0.1, 0.15) is 12.4 Å². The van der Waals surface area contributed by atoms with E-state index in [1.54, 1.807) is 0 Å². The van der Waals surface area contributed by atoms with Gasteiger partial charge in [-0.3, -0.25) is 9.59 Å². The Labute approximate surface area is 203 Å². The molecule has 3 aromatic rings. The van der Waals surface area contributed by atoms with Gasteiger partial charge >= 0.3 is 0 Å². The summed E-state index contributed by atoms with van der Waals surface area (Å²) < 4.78 is 41.4. The van der Waals surface area contributed by atoms with Crippen molar-refractivity contribution >= 4 is 27.5 Å². The van der Waals surface area contributed by atoms with Crippen LogP contribution in [0.3, 0.4) is 0 Å². The van der Waals surface area contributed by atoms with Gasteiger partial charge < -0.3 is 10.2 Å². The summed E-state index contributed by atoms with van der Waals surface area (Å²) in [5, 5.41) is 2.76. The maximum atomic E-state index is 14.3. The number of fused-ring (bicyclic) bond motifs is 1. The van der Waals surface area contributed by atoms with Gasteiger partial charge in [-0.25, -0.2) is 12.8 Å². The fourth-order valence-electron chi connectivity index (χ4n) is 4.67. The summed E-state index contributed by atoms with van der Waals surface area (Å²) in [7, 11) is -3.62. The number of hydrogen-bond acceptors (Lipinski definition) is 4. The van der Waals surface area contributed by atoms with Crippen LogP contribution in [0.4, 0.5) is 10.1 Å². The molecule has 1 unspecified atom stereocenters. The first-order valence-electron chi connectivity index (χ1n) is 11.4. The molecule has 35 heavy (non-hydrogen) atoms. The van der Waals surface area contributed by atoms with Crippen LogP contribution in [0.15, 0.2) is 77.7 Å². The highest BCUT2D eigenvalue weighted by atomic mass is 32.2. The fraction of sp³-hybridized carbons (Fsp3) is 0.231. The molecule has 0 spiro atoms. The third-order valence-electron chi connectivity index (χ3n) is 6.39. The van der Waals surface area contributed by atoms with E-state index in [4.69, 9.17) is 0 Å². The second-order valence-electron chi connectivity index (χ2n) is 8.66. The van der Waals surface area contributed by atoms with Gasteiger partial charge in [-0.05, 0) is 60.9 Å². The van der Waals surface area contributed by atoms with E-state index < -0.39 is 33.7 Å². The lowest BCUT2D eigenvalue weighted by molar-refractivity contribution is -0.117. The molecule has 0 radical (unpaired) electrons. The Hall–Kier alpha value is -3.56. The molecular weight excluding hydrogens is 469 g/mol. The van der Waals surface area contributed by atoms with Crippen molar-refractivity contribution in [2.24, 2.45) is 0 Å². The largest absolute Gasteiger partial charge is 0.324 e. The summed E-state index contributed by atoms with van der Waals surface area (Å²) in [5.74, 6) is -1.35. The SMILES string of the molecule is O=C1CN(C(=O)c2ccc(S(=O)(=O)N3CCCC3)cc2)C(c2ccccc2)c2cc(F)ccc2N1. The van der Waals surface area contributed by atoms with Gasteiger partial charge in [0.25, 0.3) is 5.91 Å². The zero-order valence-corrected chi connectivity index (χ0v) is 19.7. The molecule has 1 fully saturated rings. The number of anilines is 1. The Kier molecular flexibility index (Phi) is 6.12. The summed E-state index contributed by atoms with van der Waals surface area (Å²) in [4.78, 5) is 27.9. The van der Waals surface area contributed by atoms with E-state index in [2.05, 4.69) is 5.32 Å². The minimum absolute atomic E-state index is 0.122. The van der Waals surface area contributed by atoms with Crippen LogP contribution < -0.4 is 5.32 Å². The maximum Gasteiger partial charge on any atom is 0.255 e.